The molecule has 19 heavy (non-hydrogen) atoms. The van der Waals surface area contributed by atoms with E-state index in [9.17, 15) is 4.79 Å². The van der Waals surface area contributed by atoms with E-state index in [0.29, 0.717) is 11.9 Å². The Labute approximate surface area is 122 Å². The van der Waals surface area contributed by atoms with E-state index in [1.807, 2.05) is 42.5 Å². The van der Waals surface area contributed by atoms with Crippen LogP contribution in [0.15, 0.2) is 54.6 Å². The molecule has 1 amide bonds. The zero-order chi connectivity index (χ0) is 13.5. The molecule has 98 valence electrons. The monoisotopic (exact) mass is 317 g/mol. The third-order valence-corrected chi connectivity index (χ3v) is 3.55. The van der Waals surface area contributed by atoms with Crippen LogP contribution in [0.2, 0.25) is 0 Å². The van der Waals surface area contributed by atoms with Gasteiger partial charge in [-0.1, -0.05) is 64.5 Å². The summed E-state index contributed by atoms with van der Waals surface area (Å²) in [6.07, 6.45) is 0.850. The highest BCUT2D eigenvalue weighted by Crippen LogP contribution is 2.12. The normalized spacial score (nSPS) is 10.2. The van der Waals surface area contributed by atoms with Crippen LogP contribution in [0, 0.1) is 0 Å². The van der Waals surface area contributed by atoms with Gasteiger partial charge in [0.05, 0.1) is 0 Å². The van der Waals surface area contributed by atoms with E-state index in [2.05, 4.69) is 33.4 Å². The fourth-order valence-corrected chi connectivity index (χ4v) is 2.41. The number of nitrogens with one attached hydrogen (secondary N) is 1. The third kappa shape index (κ3) is 3.93. The molecule has 1 N–H and O–H groups in total. The molecule has 0 heterocycles. The van der Waals surface area contributed by atoms with Crippen molar-refractivity contribution >= 4 is 21.8 Å². The molecule has 0 spiro atoms. The highest BCUT2D eigenvalue weighted by molar-refractivity contribution is 9.08. The summed E-state index contributed by atoms with van der Waals surface area (Å²) in [6, 6.07) is 17.8. The van der Waals surface area contributed by atoms with E-state index in [-0.39, 0.29) is 5.91 Å². The van der Waals surface area contributed by atoms with Crippen LogP contribution < -0.4 is 5.32 Å². The molecule has 0 aliphatic heterocycles. The second-order valence-electron chi connectivity index (χ2n) is 4.28. The van der Waals surface area contributed by atoms with Crippen molar-refractivity contribution in [3.63, 3.8) is 0 Å². The van der Waals surface area contributed by atoms with Crippen molar-refractivity contribution in [2.45, 2.75) is 11.8 Å². The lowest BCUT2D eigenvalue weighted by Crippen LogP contribution is -2.26. The Balaban J connectivity index is 1.91. The molecule has 0 radical (unpaired) electrons. The molecule has 0 atom stereocenters. The van der Waals surface area contributed by atoms with Gasteiger partial charge in [0.25, 0.3) is 5.91 Å². The Morgan fingerprint density at radius 3 is 2.42 bits per heavy atom. The molecule has 2 aromatic carbocycles. The number of hydrogen-bond acceptors (Lipinski definition) is 1. The van der Waals surface area contributed by atoms with Crippen LogP contribution in [0.3, 0.4) is 0 Å². The maximum atomic E-state index is 12.1. The fraction of sp³-hybridized carbons (Fsp3) is 0.188. The molecule has 0 aromatic heterocycles. The van der Waals surface area contributed by atoms with Gasteiger partial charge < -0.3 is 5.32 Å². The topological polar surface area (TPSA) is 29.1 Å². The number of rotatable bonds is 5. The molecule has 0 aliphatic carbocycles. The first kappa shape index (κ1) is 13.8. The standard InChI is InChI=1S/C16H16BrNO/c17-12-14-8-4-5-9-15(14)16(19)18-11-10-13-6-2-1-3-7-13/h1-9H,10-12H2,(H,18,19). The maximum absolute atomic E-state index is 12.1. The molecule has 2 nitrogen and oxygen atoms in total. The van der Waals surface area contributed by atoms with Gasteiger partial charge in [-0.25, -0.2) is 0 Å². The minimum Gasteiger partial charge on any atom is -0.352 e. The number of amides is 1. The average Bonchev–Trinajstić information content (AvgIpc) is 2.48. The summed E-state index contributed by atoms with van der Waals surface area (Å²) < 4.78 is 0. The summed E-state index contributed by atoms with van der Waals surface area (Å²) in [4.78, 5) is 12.1. The Hall–Kier alpha value is -1.61. The Bertz CT molecular complexity index is 539. The molecule has 0 bridgehead atoms. The van der Waals surface area contributed by atoms with E-state index >= 15 is 0 Å². The van der Waals surface area contributed by atoms with Gasteiger partial charge in [-0.05, 0) is 23.6 Å². The van der Waals surface area contributed by atoms with Crippen LogP contribution in [0.4, 0.5) is 0 Å². The lowest BCUT2D eigenvalue weighted by atomic mass is 10.1. The lowest BCUT2D eigenvalue weighted by Gasteiger charge is -2.08. The summed E-state index contributed by atoms with van der Waals surface area (Å²) in [5, 5.41) is 3.65. The minimum absolute atomic E-state index is 0.00835. The summed E-state index contributed by atoms with van der Waals surface area (Å²) in [6.45, 7) is 0.652. The van der Waals surface area contributed by atoms with Gasteiger partial charge in [0, 0.05) is 17.4 Å². The van der Waals surface area contributed by atoms with Crippen LogP contribution in [0.5, 0.6) is 0 Å². The van der Waals surface area contributed by atoms with Gasteiger partial charge in [-0.3, -0.25) is 4.79 Å². The zero-order valence-electron chi connectivity index (χ0n) is 10.6. The largest absolute Gasteiger partial charge is 0.352 e. The van der Waals surface area contributed by atoms with Gasteiger partial charge in [0.1, 0.15) is 0 Å². The first-order valence-electron chi connectivity index (χ1n) is 6.27. The van der Waals surface area contributed by atoms with Crippen LogP contribution in [-0.4, -0.2) is 12.5 Å². The number of carbonyl (C=O) groups excluding carboxylic acids is 1. The summed E-state index contributed by atoms with van der Waals surface area (Å²) in [7, 11) is 0. The van der Waals surface area contributed by atoms with Crippen molar-refractivity contribution in [1.82, 2.24) is 5.32 Å². The predicted octanol–water partition coefficient (Wildman–Crippen LogP) is 3.55. The molecule has 0 fully saturated rings. The van der Waals surface area contributed by atoms with Crippen molar-refractivity contribution < 1.29 is 4.79 Å². The number of alkyl halides is 1. The highest BCUT2D eigenvalue weighted by Gasteiger charge is 2.08. The van der Waals surface area contributed by atoms with Gasteiger partial charge in [-0.2, -0.15) is 0 Å². The highest BCUT2D eigenvalue weighted by atomic mass is 79.9. The van der Waals surface area contributed by atoms with Crippen LogP contribution in [0.25, 0.3) is 0 Å². The van der Waals surface area contributed by atoms with Gasteiger partial charge in [0.2, 0.25) is 0 Å². The quantitative estimate of drug-likeness (QED) is 0.839. The van der Waals surface area contributed by atoms with Crippen LogP contribution in [0.1, 0.15) is 21.5 Å². The predicted molar refractivity (Wildman–Crippen MR) is 81.6 cm³/mol. The first-order valence-corrected chi connectivity index (χ1v) is 7.39. The maximum Gasteiger partial charge on any atom is 0.251 e. The molecular formula is C16H16BrNO. The van der Waals surface area contributed by atoms with E-state index in [1.165, 1.54) is 5.56 Å². The van der Waals surface area contributed by atoms with E-state index in [4.69, 9.17) is 0 Å². The Kier molecular flexibility index (Phi) is 5.16. The SMILES string of the molecule is O=C(NCCc1ccccc1)c1ccccc1CBr. The van der Waals surface area contributed by atoms with Crippen molar-refractivity contribution in [1.29, 1.82) is 0 Å². The molecule has 0 saturated carbocycles. The minimum atomic E-state index is -0.00835. The van der Waals surface area contributed by atoms with Crippen molar-refractivity contribution in [2.75, 3.05) is 6.54 Å². The van der Waals surface area contributed by atoms with Gasteiger partial charge in [0.15, 0.2) is 0 Å². The second kappa shape index (κ2) is 7.10. The first-order chi connectivity index (χ1) is 9.31. The number of benzene rings is 2. The lowest BCUT2D eigenvalue weighted by molar-refractivity contribution is 0.0953. The fourth-order valence-electron chi connectivity index (χ4n) is 1.92. The summed E-state index contributed by atoms with van der Waals surface area (Å²) >= 11 is 3.40. The van der Waals surface area contributed by atoms with Crippen molar-refractivity contribution in [3.05, 3.63) is 71.3 Å². The summed E-state index contributed by atoms with van der Waals surface area (Å²) in [5.41, 5.74) is 2.99. The van der Waals surface area contributed by atoms with E-state index < -0.39 is 0 Å². The van der Waals surface area contributed by atoms with Gasteiger partial charge >= 0.3 is 0 Å². The molecule has 0 unspecified atom stereocenters. The van der Waals surface area contributed by atoms with Crippen molar-refractivity contribution in [3.8, 4) is 0 Å². The molecule has 2 rings (SSSR count). The number of hydrogen-bond donors (Lipinski definition) is 1. The summed E-state index contributed by atoms with van der Waals surface area (Å²) in [5.74, 6) is -0.00835. The smallest absolute Gasteiger partial charge is 0.251 e. The van der Waals surface area contributed by atoms with Crippen molar-refractivity contribution in [2.24, 2.45) is 0 Å². The van der Waals surface area contributed by atoms with E-state index in [0.717, 1.165) is 17.5 Å². The average molecular weight is 318 g/mol. The third-order valence-electron chi connectivity index (χ3n) is 2.95. The molecular weight excluding hydrogens is 302 g/mol. The van der Waals surface area contributed by atoms with E-state index in [1.54, 1.807) is 0 Å². The molecule has 0 saturated heterocycles. The number of carbonyl (C=O) groups is 1. The Morgan fingerprint density at radius 1 is 1.00 bits per heavy atom. The zero-order valence-corrected chi connectivity index (χ0v) is 12.2. The van der Waals surface area contributed by atoms with Gasteiger partial charge in [-0.15, -0.1) is 0 Å². The Morgan fingerprint density at radius 2 is 1.68 bits per heavy atom. The molecule has 0 aliphatic rings. The molecule has 2 aromatic rings. The second-order valence-corrected chi connectivity index (χ2v) is 4.84. The van der Waals surface area contributed by atoms with Crippen LogP contribution in [-0.2, 0) is 11.8 Å². The van der Waals surface area contributed by atoms with Crippen LogP contribution >= 0.6 is 15.9 Å². The molecule has 3 heteroatoms. The number of halogens is 1.